The van der Waals surface area contributed by atoms with Gasteiger partial charge in [0.2, 0.25) is 0 Å². The molecule has 2 aromatic rings. The highest BCUT2D eigenvalue weighted by molar-refractivity contribution is 5.25. The second kappa shape index (κ2) is 5.93. The number of benzene rings is 1. The van der Waals surface area contributed by atoms with E-state index in [4.69, 9.17) is 0 Å². The minimum Gasteiger partial charge on any atom is -0.317 e. The van der Waals surface area contributed by atoms with Crippen molar-refractivity contribution in [1.29, 1.82) is 0 Å². The van der Waals surface area contributed by atoms with Crippen molar-refractivity contribution in [2.24, 2.45) is 24.8 Å². The predicted octanol–water partition coefficient (Wildman–Crippen LogP) is 3.01. The van der Waals surface area contributed by atoms with Crippen LogP contribution in [0.15, 0.2) is 42.5 Å². The molecule has 1 N–H and O–H groups in total. The van der Waals surface area contributed by atoms with E-state index in [9.17, 15) is 0 Å². The van der Waals surface area contributed by atoms with Crippen LogP contribution in [0.25, 0.3) is 0 Å². The molecule has 1 aromatic carbocycles. The van der Waals surface area contributed by atoms with Gasteiger partial charge in [-0.15, -0.1) is 10.2 Å². The molecule has 0 saturated heterocycles. The van der Waals surface area contributed by atoms with Crippen molar-refractivity contribution in [2.75, 3.05) is 6.54 Å². The van der Waals surface area contributed by atoms with Gasteiger partial charge in [0.1, 0.15) is 5.82 Å². The number of nitrogens with zero attached hydrogens (tertiary/aromatic N) is 3. The Morgan fingerprint density at radius 3 is 2.61 bits per heavy atom. The van der Waals surface area contributed by atoms with Crippen molar-refractivity contribution in [1.82, 2.24) is 20.1 Å². The summed E-state index contributed by atoms with van der Waals surface area (Å²) in [6.45, 7) is 3.04. The maximum absolute atomic E-state index is 4.42. The highest BCUT2D eigenvalue weighted by atomic mass is 15.3. The van der Waals surface area contributed by atoms with Gasteiger partial charge in [-0.2, -0.15) is 0 Å². The maximum Gasteiger partial charge on any atom is 0.154 e. The second-order valence-electron chi connectivity index (χ2n) is 6.96. The zero-order valence-electron chi connectivity index (χ0n) is 13.8. The molecule has 0 aliphatic heterocycles. The maximum atomic E-state index is 4.42. The molecule has 2 bridgehead atoms. The molecule has 4 heteroatoms. The van der Waals surface area contributed by atoms with E-state index in [-0.39, 0.29) is 6.04 Å². The quantitative estimate of drug-likeness (QED) is 0.864. The van der Waals surface area contributed by atoms with Crippen LogP contribution in [0.5, 0.6) is 0 Å². The number of rotatable bonds is 5. The van der Waals surface area contributed by atoms with Crippen LogP contribution < -0.4 is 5.32 Å². The first-order valence-electron chi connectivity index (χ1n) is 8.55. The minimum atomic E-state index is 0.102. The van der Waals surface area contributed by atoms with Crippen LogP contribution in [0.4, 0.5) is 0 Å². The number of aryl methyl sites for hydroxylation is 1. The normalized spacial score (nSPS) is 26.8. The first-order chi connectivity index (χ1) is 11.2. The van der Waals surface area contributed by atoms with Crippen molar-refractivity contribution in [3.63, 3.8) is 0 Å². The van der Waals surface area contributed by atoms with Gasteiger partial charge in [0.05, 0.1) is 6.04 Å². The Labute approximate surface area is 137 Å². The lowest BCUT2D eigenvalue weighted by atomic mass is 9.93. The van der Waals surface area contributed by atoms with E-state index >= 15 is 0 Å². The third-order valence-electron chi connectivity index (χ3n) is 5.52. The molecule has 4 atom stereocenters. The Hall–Kier alpha value is -1.94. The molecule has 1 fully saturated rings. The lowest BCUT2D eigenvalue weighted by Gasteiger charge is -2.24. The summed E-state index contributed by atoms with van der Waals surface area (Å²) in [5, 5.41) is 12.4. The highest BCUT2D eigenvalue weighted by Crippen LogP contribution is 2.43. The molecule has 4 rings (SSSR count). The Kier molecular flexibility index (Phi) is 3.77. The summed E-state index contributed by atoms with van der Waals surface area (Å²) in [6.07, 6.45) is 7.51. The van der Waals surface area contributed by atoms with E-state index in [1.165, 1.54) is 18.4 Å². The monoisotopic (exact) mass is 308 g/mol. The summed E-state index contributed by atoms with van der Waals surface area (Å²) >= 11 is 0. The number of hydrogen-bond acceptors (Lipinski definition) is 3. The minimum absolute atomic E-state index is 0.102. The van der Waals surface area contributed by atoms with Gasteiger partial charge in [0.25, 0.3) is 0 Å². The van der Waals surface area contributed by atoms with Crippen molar-refractivity contribution >= 4 is 0 Å². The summed E-state index contributed by atoms with van der Waals surface area (Å²) in [7, 11) is 2.04. The summed E-state index contributed by atoms with van der Waals surface area (Å²) in [5.41, 5.74) is 1.25. The van der Waals surface area contributed by atoms with E-state index < -0.39 is 0 Å². The number of aromatic nitrogens is 3. The van der Waals surface area contributed by atoms with Crippen LogP contribution in [0, 0.1) is 24.7 Å². The number of allylic oxidation sites excluding steroid dienone is 2. The molecule has 0 radical (unpaired) electrons. The third-order valence-corrected chi connectivity index (χ3v) is 5.52. The Balaban J connectivity index is 1.56. The van der Waals surface area contributed by atoms with Gasteiger partial charge >= 0.3 is 0 Å². The summed E-state index contributed by atoms with van der Waals surface area (Å²) in [4.78, 5) is 0. The largest absolute Gasteiger partial charge is 0.317 e. The van der Waals surface area contributed by atoms with E-state index in [1.54, 1.807) is 0 Å². The predicted molar refractivity (Wildman–Crippen MR) is 90.9 cm³/mol. The molecule has 23 heavy (non-hydrogen) atoms. The fourth-order valence-electron chi connectivity index (χ4n) is 4.08. The van der Waals surface area contributed by atoms with Gasteiger partial charge in [-0.05, 0) is 49.6 Å². The Morgan fingerprint density at radius 2 is 2.00 bits per heavy atom. The van der Waals surface area contributed by atoms with Crippen molar-refractivity contribution in [3.8, 4) is 0 Å². The van der Waals surface area contributed by atoms with Crippen LogP contribution in [0.1, 0.15) is 36.1 Å². The lowest BCUT2D eigenvalue weighted by molar-refractivity contribution is 0.393. The molecular weight excluding hydrogens is 284 g/mol. The van der Waals surface area contributed by atoms with Crippen molar-refractivity contribution < 1.29 is 0 Å². The molecule has 0 amide bonds. The van der Waals surface area contributed by atoms with Crippen molar-refractivity contribution in [2.45, 2.75) is 25.8 Å². The van der Waals surface area contributed by atoms with Gasteiger partial charge in [-0.25, -0.2) is 0 Å². The zero-order valence-corrected chi connectivity index (χ0v) is 13.8. The smallest absolute Gasteiger partial charge is 0.154 e. The van der Waals surface area contributed by atoms with Crippen LogP contribution in [0.2, 0.25) is 0 Å². The Morgan fingerprint density at radius 1 is 1.17 bits per heavy atom. The van der Waals surface area contributed by atoms with E-state index in [0.717, 1.165) is 35.9 Å². The average Bonchev–Trinajstić information content (AvgIpc) is 3.28. The summed E-state index contributed by atoms with van der Waals surface area (Å²) in [5.74, 6) is 4.28. The van der Waals surface area contributed by atoms with Gasteiger partial charge in [0.15, 0.2) is 5.82 Å². The molecular formula is C19H24N4. The molecule has 2 aliphatic rings. The van der Waals surface area contributed by atoms with Gasteiger partial charge < -0.3 is 9.88 Å². The number of nitrogens with one attached hydrogen (secondary N) is 1. The molecule has 1 aromatic heterocycles. The fraction of sp³-hybridized carbons (Fsp3) is 0.474. The number of fused-ring (bicyclic) bond motifs is 2. The van der Waals surface area contributed by atoms with E-state index in [0.29, 0.717) is 0 Å². The lowest BCUT2D eigenvalue weighted by Crippen LogP contribution is -2.31. The van der Waals surface area contributed by atoms with Crippen molar-refractivity contribution in [3.05, 3.63) is 59.7 Å². The van der Waals surface area contributed by atoms with Gasteiger partial charge in [0, 0.05) is 7.05 Å². The van der Waals surface area contributed by atoms with E-state index in [1.807, 2.05) is 14.0 Å². The Bertz CT molecular complexity index is 703. The molecule has 120 valence electrons. The zero-order chi connectivity index (χ0) is 15.8. The number of hydrogen-bond donors (Lipinski definition) is 1. The molecule has 2 aliphatic carbocycles. The SMILES string of the molecule is Cc1nnc([C@H](NC[C@H]2C[C@H]3C=C[C@H]2C3)c2ccccc2)n1C. The molecule has 0 spiro atoms. The second-order valence-corrected chi connectivity index (χ2v) is 6.96. The first-order valence-corrected chi connectivity index (χ1v) is 8.55. The average molecular weight is 308 g/mol. The molecule has 1 saturated carbocycles. The van der Waals surface area contributed by atoms with Crippen LogP contribution in [0.3, 0.4) is 0 Å². The van der Waals surface area contributed by atoms with Crippen LogP contribution in [-0.4, -0.2) is 21.3 Å². The van der Waals surface area contributed by atoms with Gasteiger partial charge in [-0.1, -0.05) is 42.5 Å². The van der Waals surface area contributed by atoms with Crippen LogP contribution in [-0.2, 0) is 7.05 Å². The summed E-state index contributed by atoms with van der Waals surface area (Å²) in [6, 6.07) is 10.7. The third kappa shape index (κ3) is 2.72. The highest BCUT2D eigenvalue weighted by Gasteiger charge is 2.35. The topological polar surface area (TPSA) is 42.7 Å². The summed E-state index contributed by atoms with van der Waals surface area (Å²) < 4.78 is 2.09. The molecule has 0 unspecified atom stereocenters. The van der Waals surface area contributed by atoms with Crippen LogP contribution >= 0.6 is 0 Å². The fourth-order valence-corrected chi connectivity index (χ4v) is 4.08. The van der Waals surface area contributed by atoms with Gasteiger partial charge in [-0.3, -0.25) is 0 Å². The first kappa shape index (κ1) is 14.6. The molecule has 4 nitrogen and oxygen atoms in total. The standard InChI is InChI=1S/C19H24N4/c1-13-21-22-19(23(13)2)18(15-6-4-3-5-7-15)20-12-17-11-14-8-9-16(17)10-14/h3-9,14,16-18,20H,10-12H2,1-2H3/t14-,16-,17+,18+/m0/s1. The van der Waals surface area contributed by atoms with E-state index in [2.05, 4.69) is 62.6 Å². The molecule has 1 heterocycles.